The Kier molecular flexibility index (Phi) is 10.2. The molecule has 1 aliphatic heterocycles. The van der Waals surface area contributed by atoms with Crippen molar-refractivity contribution in [3.63, 3.8) is 0 Å². The molecule has 1 aliphatic rings. The van der Waals surface area contributed by atoms with Gasteiger partial charge in [0.05, 0.1) is 12.8 Å². The number of carbonyl (C=O) groups is 1. The van der Waals surface area contributed by atoms with Crippen LogP contribution in [0.1, 0.15) is 37.8 Å². The Labute approximate surface area is 269 Å². The molecule has 5 rings (SSSR count). The van der Waals surface area contributed by atoms with E-state index in [2.05, 4.69) is 50.8 Å². The van der Waals surface area contributed by atoms with Crippen molar-refractivity contribution in [3.05, 3.63) is 84.2 Å². The van der Waals surface area contributed by atoms with Crippen molar-refractivity contribution < 1.29 is 27.4 Å². The number of aliphatic imine (C=N–C) groups is 1. The highest BCUT2D eigenvalue weighted by Crippen LogP contribution is 2.35. The molecule has 2 amide bonds. The molecule has 1 unspecified atom stereocenters. The molecule has 1 aromatic heterocycles. The van der Waals surface area contributed by atoms with E-state index in [1.807, 2.05) is 42.5 Å². The van der Waals surface area contributed by atoms with Crippen molar-refractivity contribution >= 4 is 28.6 Å². The molecular weight excluding hydrogens is 617 g/mol. The van der Waals surface area contributed by atoms with Gasteiger partial charge >= 0.3 is 12.4 Å². The molecule has 0 bridgehead atoms. The van der Waals surface area contributed by atoms with Gasteiger partial charge in [-0.15, -0.1) is 18.3 Å². The van der Waals surface area contributed by atoms with Crippen molar-refractivity contribution in [2.45, 2.75) is 39.5 Å². The Balaban J connectivity index is 1.14. The van der Waals surface area contributed by atoms with Crippen LogP contribution in [0, 0.1) is 5.92 Å². The summed E-state index contributed by atoms with van der Waals surface area (Å²) in [6.45, 7) is 7.59. The lowest BCUT2D eigenvalue weighted by Crippen LogP contribution is -2.30. The molecule has 0 radical (unpaired) electrons. The van der Waals surface area contributed by atoms with Crippen LogP contribution >= 0.6 is 11.8 Å². The fraction of sp³-hybridized carbons (Fsp3) is 0.333. The van der Waals surface area contributed by atoms with E-state index in [0.29, 0.717) is 23.2 Å². The number of thioether (sulfide) groups is 1. The largest absolute Gasteiger partial charge is 0.573 e. The maximum Gasteiger partial charge on any atom is 0.573 e. The lowest BCUT2D eigenvalue weighted by atomic mass is 10.00. The van der Waals surface area contributed by atoms with Gasteiger partial charge in [-0.3, -0.25) is 0 Å². The molecule has 9 nitrogen and oxygen atoms in total. The molecule has 46 heavy (non-hydrogen) atoms. The van der Waals surface area contributed by atoms with Crippen LogP contribution in [0.3, 0.4) is 0 Å². The lowest BCUT2D eigenvalue weighted by Gasteiger charge is -2.23. The number of amidine groups is 1. The van der Waals surface area contributed by atoms with Crippen LogP contribution in [-0.4, -0.2) is 58.3 Å². The van der Waals surface area contributed by atoms with Crippen LogP contribution in [-0.2, 0) is 6.42 Å². The molecule has 3 aromatic carbocycles. The summed E-state index contributed by atoms with van der Waals surface area (Å²) in [7, 11) is 1.66. The van der Waals surface area contributed by atoms with Gasteiger partial charge in [0.1, 0.15) is 17.8 Å². The fourth-order valence-corrected chi connectivity index (χ4v) is 6.01. The third kappa shape index (κ3) is 8.39. The monoisotopic (exact) mass is 652 g/mol. The number of hydrogen-bond donors (Lipinski definition) is 1. The molecule has 242 valence electrons. The van der Waals surface area contributed by atoms with Crippen LogP contribution in [0.2, 0.25) is 0 Å². The van der Waals surface area contributed by atoms with Gasteiger partial charge in [-0.25, -0.2) is 14.5 Å². The smallest absolute Gasteiger partial charge is 0.497 e. The second-order valence-corrected chi connectivity index (χ2v) is 12.3. The van der Waals surface area contributed by atoms with E-state index in [1.165, 1.54) is 35.3 Å². The van der Waals surface area contributed by atoms with E-state index < -0.39 is 6.36 Å². The molecule has 1 atom stereocenters. The zero-order chi connectivity index (χ0) is 32.8. The third-order valence-corrected chi connectivity index (χ3v) is 8.30. The van der Waals surface area contributed by atoms with Gasteiger partial charge in [0.25, 0.3) is 0 Å². The summed E-state index contributed by atoms with van der Waals surface area (Å²) in [6, 6.07) is 18.9. The summed E-state index contributed by atoms with van der Waals surface area (Å²) in [4.78, 5) is 23.6. The van der Waals surface area contributed by atoms with Gasteiger partial charge in [-0.1, -0.05) is 56.8 Å². The molecule has 1 fully saturated rings. The Morgan fingerprint density at radius 2 is 1.76 bits per heavy atom. The number of aromatic nitrogens is 3. The second-order valence-electron chi connectivity index (χ2n) is 11.2. The summed E-state index contributed by atoms with van der Waals surface area (Å²) in [5.74, 6) is 2.28. The summed E-state index contributed by atoms with van der Waals surface area (Å²) >= 11 is 1.57. The zero-order valence-corrected chi connectivity index (χ0v) is 26.7. The van der Waals surface area contributed by atoms with Crippen LogP contribution in [0.4, 0.5) is 23.7 Å². The van der Waals surface area contributed by atoms with Gasteiger partial charge in [0.15, 0.2) is 11.0 Å². The average Bonchev–Trinajstić information content (AvgIpc) is 3.70. The van der Waals surface area contributed by atoms with Crippen LogP contribution < -0.4 is 19.7 Å². The van der Waals surface area contributed by atoms with Crippen LogP contribution in [0.25, 0.3) is 17.1 Å². The molecule has 1 saturated heterocycles. The highest BCUT2D eigenvalue weighted by atomic mass is 32.2. The van der Waals surface area contributed by atoms with Gasteiger partial charge in [0, 0.05) is 30.1 Å². The summed E-state index contributed by atoms with van der Waals surface area (Å²) in [6.07, 6.45) is -2.50. The molecule has 13 heteroatoms. The van der Waals surface area contributed by atoms with Crippen LogP contribution in [0.5, 0.6) is 11.5 Å². The van der Waals surface area contributed by atoms with E-state index in [0.717, 1.165) is 46.8 Å². The highest BCUT2D eigenvalue weighted by molar-refractivity contribution is 8.14. The van der Waals surface area contributed by atoms with Gasteiger partial charge in [0.2, 0.25) is 0 Å². The number of benzene rings is 3. The first-order chi connectivity index (χ1) is 22.0. The van der Waals surface area contributed by atoms with Crippen molar-refractivity contribution in [1.29, 1.82) is 0 Å². The quantitative estimate of drug-likeness (QED) is 0.190. The Bertz CT molecular complexity index is 1670. The van der Waals surface area contributed by atoms with E-state index in [1.54, 1.807) is 18.9 Å². The van der Waals surface area contributed by atoms with Gasteiger partial charge in [-0.2, -0.15) is 4.99 Å². The van der Waals surface area contributed by atoms with E-state index >= 15 is 0 Å². The molecule has 2 heterocycles. The standard InChI is InChI=1S/C33H35F3N6O3S/c1-21(2)28-18-27(44-4)13-14-29(28)41-15-16-46-32(41)39-31(43)37-19-22(3)17-23-5-7-24(8-6-23)30-38-20-42(40-30)25-9-11-26(12-10-25)45-33(34,35)36/h5-14,18,20-22H,15-17,19H2,1-4H3,(H,37,43)/b39-32-. The van der Waals surface area contributed by atoms with Crippen molar-refractivity contribution in [2.24, 2.45) is 10.9 Å². The first-order valence-corrected chi connectivity index (χ1v) is 15.8. The Morgan fingerprint density at radius 1 is 1.04 bits per heavy atom. The fourth-order valence-electron chi connectivity index (χ4n) is 5.06. The SMILES string of the molecule is COc1ccc(N2CCS/C2=N\C(=O)NCC(C)Cc2ccc(-c3ncn(-c4ccc(OC(F)(F)F)cc4)n3)cc2)c(C(C)C)c1. The zero-order valence-electron chi connectivity index (χ0n) is 25.9. The molecular formula is C33H35F3N6O3S. The second kappa shape index (κ2) is 14.3. The first-order valence-electron chi connectivity index (χ1n) is 14.8. The number of rotatable bonds is 10. The number of anilines is 1. The lowest BCUT2D eigenvalue weighted by molar-refractivity contribution is -0.274. The number of hydrogen-bond acceptors (Lipinski definition) is 6. The van der Waals surface area contributed by atoms with Crippen molar-refractivity contribution in [2.75, 3.05) is 30.9 Å². The van der Waals surface area contributed by atoms with Crippen molar-refractivity contribution in [1.82, 2.24) is 20.1 Å². The third-order valence-electron chi connectivity index (χ3n) is 7.35. The van der Waals surface area contributed by atoms with E-state index in [-0.39, 0.29) is 23.6 Å². The topological polar surface area (TPSA) is 93.9 Å². The highest BCUT2D eigenvalue weighted by Gasteiger charge is 2.31. The maximum atomic E-state index is 12.8. The number of nitrogens with one attached hydrogen (secondary N) is 1. The summed E-state index contributed by atoms with van der Waals surface area (Å²) < 4.78 is 48.1. The number of nitrogens with zero attached hydrogens (tertiary/aromatic N) is 5. The predicted octanol–water partition coefficient (Wildman–Crippen LogP) is 7.46. The van der Waals surface area contributed by atoms with Crippen molar-refractivity contribution in [3.8, 4) is 28.6 Å². The number of halogens is 3. The number of alkyl halides is 3. The number of carbonyl (C=O) groups excluding carboxylic acids is 1. The molecule has 0 spiro atoms. The molecule has 0 aliphatic carbocycles. The summed E-state index contributed by atoms with van der Waals surface area (Å²) in [5.41, 5.74) is 4.62. The molecule has 4 aromatic rings. The minimum atomic E-state index is -4.75. The maximum absolute atomic E-state index is 12.8. The molecule has 0 saturated carbocycles. The minimum absolute atomic E-state index is 0.165. The molecule has 1 N–H and O–H groups in total. The van der Waals surface area contributed by atoms with Gasteiger partial charge in [-0.05, 0) is 71.8 Å². The number of ether oxygens (including phenoxy) is 2. The Morgan fingerprint density at radius 3 is 2.43 bits per heavy atom. The normalized spacial score (nSPS) is 15.0. The predicted molar refractivity (Wildman–Crippen MR) is 174 cm³/mol. The number of methoxy groups -OCH3 is 1. The Hall–Kier alpha value is -4.52. The summed E-state index contributed by atoms with van der Waals surface area (Å²) in [5, 5.41) is 8.10. The minimum Gasteiger partial charge on any atom is -0.497 e. The average molecular weight is 653 g/mol. The first kappa shape index (κ1) is 32.9. The van der Waals surface area contributed by atoms with Crippen LogP contribution in [0.15, 0.2) is 78.0 Å². The van der Waals surface area contributed by atoms with E-state index in [9.17, 15) is 18.0 Å². The number of urea groups is 1. The van der Waals surface area contributed by atoms with E-state index in [4.69, 9.17) is 4.74 Å². The number of amides is 2. The van der Waals surface area contributed by atoms with Gasteiger partial charge < -0.3 is 19.7 Å².